The summed E-state index contributed by atoms with van der Waals surface area (Å²) >= 11 is 0. The zero-order valence-corrected chi connectivity index (χ0v) is 16.9. The number of hydrogen-bond acceptors (Lipinski definition) is 3. The van der Waals surface area contributed by atoms with Crippen LogP contribution in [-0.2, 0) is 13.0 Å². The highest BCUT2D eigenvalue weighted by Crippen LogP contribution is 2.15. The molecule has 0 unspecified atom stereocenters. The van der Waals surface area contributed by atoms with E-state index in [0.29, 0.717) is 12.5 Å². The molecule has 0 atom stereocenters. The summed E-state index contributed by atoms with van der Waals surface area (Å²) in [5, 5.41) is 4.58. The van der Waals surface area contributed by atoms with Gasteiger partial charge in [0, 0.05) is 18.2 Å². The van der Waals surface area contributed by atoms with Crippen LogP contribution in [0, 0.1) is 0 Å². The van der Waals surface area contributed by atoms with E-state index in [1.54, 1.807) is 0 Å². The zero-order valence-electron chi connectivity index (χ0n) is 16.9. The summed E-state index contributed by atoms with van der Waals surface area (Å²) in [6.07, 6.45) is 10.1. The molecule has 0 aliphatic carbocycles. The SMILES string of the molecule is C/C=C\C=CCc1cc(OCCC)nn1Cc1ccccc1.CN(C)C. The van der Waals surface area contributed by atoms with Crippen LogP contribution in [0.5, 0.6) is 5.88 Å². The molecule has 0 spiro atoms. The Bertz CT molecular complexity index is 655. The first-order valence-electron chi connectivity index (χ1n) is 9.19. The highest BCUT2D eigenvalue weighted by molar-refractivity contribution is 5.22. The van der Waals surface area contributed by atoms with Crippen LogP contribution in [0.4, 0.5) is 0 Å². The fraction of sp³-hybridized carbons (Fsp3) is 0.409. The molecular formula is C22H33N3O. The minimum Gasteiger partial charge on any atom is -0.477 e. The van der Waals surface area contributed by atoms with Crippen molar-refractivity contribution in [2.45, 2.75) is 33.2 Å². The Morgan fingerprint density at radius 3 is 2.42 bits per heavy atom. The van der Waals surface area contributed by atoms with Crippen LogP contribution in [0.3, 0.4) is 0 Å². The Balaban J connectivity index is 0.000000765. The van der Waals surface area contributed by atoms with Gasteiger partial charge in [-0.15, -0.1) is 5.10 Å². The maximum atomic E-state index is 5.67. The molecule has 0 aliphatic rings. The maximum Gasteiger partial charge on any atom is 0.233 e. The fourth-order valence-electron chi connectivity index (χ4n) is 2.14. The highest BCUT2D eigenvalue weighted by Gasteiger charge is 2.08. The van der Waals surface area contributed by atoms with Crippen molar-refractivity contribution in [3.63, 3.8) is 0 Å². The van der Waals surface area contributed by atoms with Gasteiger partial charge in [-0.05, 0) is 40.1 Å². The molecule has 4 nitrogen and oxygen atoms in total. The lowest BCUT2D eigenvalue weighted by molar-refractivity contribution is 0.301. The molecule has 4 heteroatoms. The summed E-state index contributed by atoms with van der Waals surface area (Å²) < 4.78 is 7.70. The second-order valence-electron chi connectivity index (χ2n) is 6.47. The third-order valence-electron chi connectivity index (χ3n) is 3.24. The highest BCUT2D eigenvalue weighted by atomic mass is 16.5. The molecule has 0 saturated carbocycles. The van der Waals surface area contributed by atoms with Crippen LogP contribution in [-0.4, -0.2) is 42.4 Å². The molecule has 0 fully saturated rings. The van der Waals surface area contributed by atoms with Crippen LogP contribution in [0.15, 0.2) is 60.7 Å². The second kappa shape index (κ2) is 13.0. The number of nitrogens with zero attached hydrogens (tertiary/aromatic N) is 3. The number of ether oxygens (including phenoxy) is 1. The van der Waals surface area contributed by atoms with Crippen LogP contribution in [0.2, 0.25) is 0 Å². The topological polar surface area (TPSA) is 30.3 Å². The van der Waals surface area contributed by atoms with E-state index in [1.807, 2.05) is 61.9 Å². The molecule has 0 N–H and O–H groups in total. The first kappa shape index (κ1) is 21.7. The van der Waals surface area contributed by atoms with Crippen molar-refractivity contribution in [2.75, 3.05) is 27.7 Å². The lowest BCUT2D eigenvalue weighted by Crippen LogP contribution is -2.06. The third kappa shape index (κ3) is 9.23. The van der Waals surface area contributed by atoms with E-state index in [-0.39, 0.29) is 0 Å². The molecule has 26 heavy (non-hydrogen) atoms. The Morgan fingerprint density at radius 1 is 1.12 bits per heavy atom. The summed E-state index contributed by atoms with van der Waals surface area (Å²) in [6, 6.07) is 12.4. The molecule has 0 aliphatic heterocycles. The van der Waals surface area contributed by atoms with E-state index in [4.69, 9.17) is 4.74 Å². The molecule has 2 aromatic rings. The van der Waals surface area contributed by atoms with E-state index in [9.17, 15) is 0 Å². The van der Waals surface area contributed by atoms with Crippen LogP contribution < -0.4 is 4.74 Å². The van der Waals surface area contributed by atoms with Crippen molar-refractivity contribution >= 4 is 0 Å². The maximum absolute atomic E-state index is 5.67. The van der Waals surface area contributed by atoms with E-state index in [2.05, 4.69) is 48.4 Å². The summed E-state index contributed by atoms with van der Waals surface area (Å²) in [5.41, 5.74) is 2.40. The first-order valence-corrected chi connectivity index (χ1v) is 9.19. The molecular weight excluding hydrogens is 322 g/mol. The number of benzene rings is 1. The van der Waals surface area contributed by atoms with Crippen molar-refractivity contribution in [3.05, 3.63) is 72.0 Å². The van der Waals surface area contributed by atoms with E-state index in [0.717, 1.165) is 25.1 Å². The molecule has 1 aromatic carbocycles. The van der Waals surface area contributed by atoms with Crippen molar-refractivity contribution in [3.8, 4) is 5.88 Å². The van der Waals surface area contributed by atoms with Gasteiger partial charge in [0.15, 0.2) is 0 Å². The zero-order chi connectivity index (χ0) is 19.2. The van der Waals surface area contributed by atoms with Crippen molar-refractivity contribution in [1.82, 2.24) is 14.7 Å². The summed E-state index contributed by atoms with van der Waals surface area (Å²) in [7, 11) is 6.00. The molecule has 2 rings (SSSR count). The standard InChI is InChI=1S/C19H24N2O.C3H9N/c1-3-5-6-10-13-18-15-19(22-14-4-2)20-21(18)16-17-11-8-7-9-12-17;1-4(2)3/h3,5-12,15H,4,13-14,16H2,1-2H3;1-3H3/b5-3-,10-6?;. The van der Waals surface area contributed by atoms with Gasteiger partial charge in [0.1, 0.15) is 0 Å². The molecule has 1 aromatic heterocycles. The monoisotopic (exact) mass is 355 g/mol. The number of allylic oxidation sites excluding steroid dienone is 4. The van der Waals surface area contributed by atoms with Gasteiger partial charge in [-0.1, -0.05) is 61.6 Å². The normalized spacial score (nSPS) is 11.2. The van der Waals surface area contributed by atoms with Crippen LogP contribution in [0.25, 0.3) is 0 Å². The van der Waals surface area contributed by atoms with Gasteiger partial charge in [0.2, 0.25) is 5.88 Å². The predicted molar refractivity (Wildman–Crippen MR) is 111 cm³/mol. The van der Waals surface area contributed by atoms with Gasteiger partial charge in [0.05, 0.1) is 13.2 Å². The van der Waals surface area contributed by atoms with Crippen molar-refractivity contribution in [2.24, 2.45) is 0 Å². The van der Waals surface area contributed by atoms with Gasteiger partial charge < -0.3 is 9.64 Å². The van der Waals surface area contributed by atoms with Gasteiger partial charge in [-0.25, -0.2) is 0 Å². The predicted octanol–water partition coefficient (Wildman–Crippen LogP) is 4.57. The Morgan fingerprint density at radius 2 is 1.81 bits per heavy atom. The quantitative estimate of drug-likeness (QED) is 0.650. The van der Waals surface area contributed by atoms with Gasteiger partial charge in [0.25, 0.3) is 0 Å². The van der Waals surface area contributed by atoms with Crippen LogP contribution in [0.1, 0.15) is 31.5 Å². The smallest absolute Gasteiger partial charge is 0.233 e. The molecule has 142 valence electrons. The summed E-state index contributed by atoms with van der Waals surface area (Å²) in [4.78, 5) is 2.00. The van der Waals surface area contributed by atoms with E-state index in [1.165, 1.54) is 5.56 Å². The first-order chi connectivity index (χ1) is 12.6. The average molecular weight is 356 g/mol. The van der Waals surface area contributed by atoms with Gasteiger partial charge in [-0.3, -0.25) is 4.68 Å². The summed E-state index contributed by atoms with van der Waals surface area (Å²) in [5.74, 6) is 0.715. The molecule has 0 saturated heterocycles. The summed E-state index contributed by atoms with van der Waals surface area (Å²) in [6.45, 7) is 5.59. The largest absolute Gasteiger partial charge is 0.477 e. The number of aromatic nitrogens is 2. The van der Waals surface area contributed by atoms with Crippen molar-refractivity contribution < 1.29 is 4.74 Å². The molecule has 0 bridgehead atoms. The Hall–Kier alpha value is -2.33. The lowest BCUT2D eigenvalue weighted by atomic mass is 10.2. The van der Waals surface area contributed by atoms with Gasteiger partial charge in [-0.2, -0.15) is 0 Å². The number of rotatable bonds is 8. The van der Waals surface area contributed by atoms with Gasteiger partial charge >= 0.3 is 0 Å². The number of hydrogen-bond donors (Lipinski definition) is 0. The van der Waals surface area contributed by atoms with E-state index >= 15 is 0 Å². The fourth-order valence-corrected chi connectivity index (χ4v) is 2.14. The second-order valence-corrected chi connectivity index (χ2v) is 6.47. The Kier molecular flexibility index (Phi) is 10.8. The molecule has 1 heterocycles. The third-order valence-corrected chi connectivity index (χ3v) is 3.24. The van der Waals surface area contributed by atoms with Crippen molar-refractivity contribution in [1.29, 1.82) is 0 Å². The minimum absolute atomic E-state index is 0.705. The average Bonchev–Trinajstić information content (AvgIpc) is 2.99. The van der Waals surface area contributed by atoms with E-state index < -0.39 is 0 Å². The molecule has 0 radical (unpaired) electrons. The Labute approximate surface area is 158 Å². The molecule has 0 amide bonds. The minimum atomic E-state index is 0.705. The van der Waals surface area contributed by atoms with Crippen LogP contribution >= 0.6 is 0 Å². The lowest BCUT2D eigenvalue weighted by Gasteiger charge is -2.05.